The Morgan fingerprint density at radius 1 is 0.795 bits per heavy atom. The van der Waals surface area contributed by atoms with Crippen LogP contribution in [0.4, 0.5) is 5.82 Å². The Hall–Kier alpha value is -3.80. The summed E-state index contributed by atoms with van der Waals surface area (Å²) in [5, 5.41) is 1.22. The minimum absolute atomic E-state index is 0.0623. The molecule has 0 saturated carbocycles. The first-order valence-electron chi connectivity index (χ1n) is 14.5. The number of nitrogens with zero attached hydrogens (tertiary/aromatic N) is 4. The Labute approximate surface area is 261 Å². The number of benzene rings is 2. The van der Waals surface area contributed by atoms with E-state index in [4.69, 9.17) is 18.9 Å². The van der Waals surface area contributed by atoms with Gasteiger partial charge in [0.2, 0.25) is 10.0 Å². The zero-order valence-electron chi connectivity index (χ0n) is 26.7. The number of hydrogen-bond donors (Lipinski definition) is 0. The number of pyridine rings is 1. The van der Waals surface area contributed by atoms with E-state index in [0.717, 1.165) is 32.0 Å². The highest BCUT2D eigenvalue weighted by Gasteiger charge is 2.27. The molecule has 0 N–H and O–H groups in total. The maximum absolute atomic E-state index is 13.9. The maximum Gasteiger partial charge on any atom is 0.236 e. The van der Waals surface area contributed by atoms with Gasteiger partial charge in [-0.15, -0.1) is 0 Å². The second-order valence-electron chi connectivity index (χ2n) is 11.6. The molecule has 44 heavy (non-hydrogen) atoms. The predicted molar refractivity (Wildman–Crippen MR) is 174 cm³/mol. The van der Waals surface area contributed by atoms with Crippen LogP contribution < -0.4 is 23.8 Å². The van der Waals surface area contributed by atoms with Crippen molar-refractivity contribution in [2.45, 2.75) is 39.4 Å². The number of anilines is 1. The van der Waals surface area contributed by atoms with E-state index >= 15 is 0 Å². The van der Waals surface area contributed by atoms with Crippen LogP contribution in [0.5, 0.6) is 23.0 Å². The number of sulfonamides is 1. The van der Waals surface area contributed by atoms with E-state index in [1.165, 1.54) is 9.71 Å². The Morgan fingerprint density at radius 2 is 1.34 bits per heavy atom. The summed E-state index contributed by atoms with van der Waals surface area (Å²) < 4.78 is 50.9. The number of hydrogen-bond acceptors (Lipinski definition) is 9. The maximum atomic E-state index is 13.9. The third-order valence-corrected chi connectivity index (χ3v) is 9.26. The van der Waals surface area contributed by atoms with Crippen molar-refractivity contribution in [3.63, 3.8) is 0 Å². The summed E-state index contributed by atoms with van der Waals surface area (Å²) in [7, 11) is 2.32. The Balaban J connectivity index is 1.57. The van der Waals surface area contributed by atoms with Gasteiger partial charge >= 0.3 is 0 Å². The molecule has 2 aromatic carbocycles. The first-order valence-corrected chi connectivity index (χ1v) is 16.0. The first-order chi connectivity index (χ1) is 21.0. The lowest BCUT2D eigenvalue weighted by atomic mass is 10.1. The molecule has 0 unspecified atom stereocenters. The lowest BCUT2D eigenvalue weighted by Crippen LogP contribution is -2.53. The van der Waals surface area contributed by atoms with Gasteiger partial charge in [0.1, 0.15) is 28.8 Å². The van der Waals surface area contributed by atoms with Gasteiger partial charge in [-0.05, 0) is 56.7 Å². The molecule has 4 rings (SSSR count). The lowest BCUT2D eigenvalue weighted by molar-refractivity contribution is 0.128. The minimum atomic E-state index is -3.91. The predicted octanol–water partition coefficient (Wildman–Crippen LogP) is 5.04. The summed E-state index contributed by atoms with van der Waals surface area (Å²) in [6.07, 6.45) is 3.29. The molecule has 0 aliphatic carbocycles. The van der Waals surface area contributed by atoms with Crippen LogP contribution in [-0.4, -0.2) is 82.8 Å². The Morgan fingerprint density at radius 3 is 1.77 bits per heavy atom. The highest BCUT2D eigenvalue weighted by Crippen LogP contribution is 2.31. The van der Waals surface area contributed by atoms with Crippen molar-refractivity contribution >= 4 is 21.9 Å². The van der Waals surface area contributed by atoms with E-state index in [0.29, 0.717) is 39.7 Å². The molecule has 3 aromatic rings. The van der Waals surface area contributed by atoms with Crippen molar-refractivity contribution in [3.8, 4) is 23.0 Å². The Bertz CT molecular complexity index is 1470. The van der Waals surface area contributed by atoms with Crippen molar-refractivity contribution < 1.29 is 27.4 Å². The molecule has 1 aliphatic rings. The molecular formula is C33H44N4O6S. The number of piperazine rings is 1. The van der Waals surface area contributed by atoms with E-state index in [1.54, 1.807) is 77.1 Å². The summed E-state index contributed by atoms with van der Waals surface area (Å²) in [5.41, 5.74) is 2.21. The van der Waals surface area contributed by atoms with Crippen LogP contribution in [0.15, 0.2) is 60.1 Å². The zero-order valence-corrected chi connectivity index (χ0v) is 27.6. The average molecular weight is 625 g/mol. The SMILES string of the molecule is COc1ccc(CN(Cc2ccc(OC)cc2OC)S(=O)(=O)C=Cc2ccc(N3CCN(C(C)(C)C)CC3)nc2)c(OC)c1. The highest BCUT2D eigenvalue weighted by molar-refractivity contribution is 7.92. The molecule has 0 radical (unpaired) electrons. The topological polar surface area (TPSA) is 93.7 Å². The molecule has 1 aromatic heterocycles. The first kappa shape index (κ1) is 33.1. The van der Waals surface area contributed by atoms with Gasteiger partial charge in [0.05, 0.1) is 28.4 Å². The number of methoxy groups -OCH3 is 4. The van der Waals surface area contributed by atoms with Crippen LogP contribution in [0, 0.1) is 0 Å². The molecule has 1 aliphatic heterocycles. The van der Waals surface area contributed by atoms with Gasteiger partial charge in [0.15, 0.2) is 0 Å². The number of aromatic nitrogens is 1. The largest absolute Gasteiger partial charge is 0.497 e. The van der Waals surface area contributed by atoms with Crippen molar-refractivity contribution in [2.24, 2.45) is 0 Å². The van der Waals surface area contributed by atoms with Gasteiger partial charge in [-0.1, -0.05) is 12.1 Å². The lowest BCUT2D eigenvalue weighted by Gasteiger charge is -2.42. The minimum Gasteiger partial charge on any atom is -0.497 e. The Kier molecular flexibility index (Phi) is 10.8. The van der Waals surface area contributed by atoms with E-state index in [2.05, 4.69) is 35.6 Å². The van der Waals surface area contributed by atoms with E-state index in [1.807, 2.05) is 12.1 Å². The smallest absolute Gasteiger partial charge is 0.236 e. The molecule has 0 atom stereocenters. The van der Waals surface area contributed by atoms with E-state index in [9.17, 15) is 8.42 Å². The van der Waals surface area contributed by atoms with Gasteiger partial charge in [0.25, 0.3) is 0 Å². The van der Waals surface area contributed by atoms with Gasteiger partial charge < -0.3 is 23.8 Å². The van der Waals surface area contributed by atoms with Crippen LogP contribution in [0.25, 0.3) is 6.08 Å². The highest BCUT2D eigenvalue weighted by atomic mass is 32.2. The molecule has 2 heterocycles. The van der Waals surface area contributed by atoms with Crippen molar-refractivity contribution in [1.29, 1.82) is 0 Å². The standard InChI is InChI=1S/C33H44N4O6S/c1-33(2,3)36-17-15-35(16-18-36)32-13-8-25(22-34-32)14-19-44(38,39)37(23-26-9-11-28(40-4)20-30(26)42-6)24-27-10-12-29(41-5)21-31(27)43-7/h8-14,19-22H,15-18,23-24H2,1-7H3. The van der Waals surface area contributed by atoms with Gasteiger partial charge in [-0.2, -0.15) is 4.31 Å². The third-order valence-electron chi connectivity index (χ3n) is 7.80. The van der Waals surface area contributed by atoms with Crippen molar-refractivity contribution in [3.05, 3.63) is 76.8 Å². The molecule has 1 saturated heterocycles. The quantitative estimate of drug-likeness (QED) is 0.275. The summed E-state index contributed by atoms with van der Waals surface area (Å²) in [5.74, 6) is 3.17. The van der Waals surface area contributed by atoms with Gasteiger partial charge in [-0.25, -0.2) is 13.4 Å². The second kappa shape index (κ2) is 14.3. The molecule has 10 nitrogen and oxygen atoms in total. The van der Waals surface area contributed by atoms with Crippen LogP contribution in [0.3, 0.4) is 0 Å². The van der Waals surface area contributed by atoms with Crippen molar-refractivity contribution in [1.82, 2.24) is 14.2 Å². The van der Waals surface area contributed by atoms with Crippen LogP contribution >= 0.6 is 0 Å². The fourth-order valence-corrected chi connectivity index (χ4v) is 6.26. The van der Waals surface area contributed by atoms with E-state index in [-0.39, 0.29) is 18.6 Å². The number of rotatable bonds is 12. The van der Waals surface area contributed by atoms with Crippen LogP contribution in [0.1, 0.15) is 37.5 Å². The van der Waals surface area contributed by atoms with Gasteiger partial charge in [-0.3, -0.25) is 4.90 Å². The monoisotopic (exact) mass is 624 g/mol. The molecule has 0 amide bonds. The fourth-order valence-electron chi connectivity index (χ4n) is 5.12. The fraction of sp³-hybridized carbons (Fsp3) is 0.424. The second-order valence-corrected chi connectivity index (χ2v) is 13.4. The molecule has 238 valence electrons. The molecular weight excluding hydrogens is 580 g/mol. The summed E-state index contributed by atoms with van der Waals surface area (Å²) in [6.45, 7) is 10.6. The molecule has 0 bridgehead atoms. The van der Waals surface area contributed by atoms with Crippen LogP contribution in [0.2, 0.25) is 0 Å². The summed E-state index contributed by atoms with van der Waals surface area (Å²) in [4.78, 5) is 9.37. The molecule has 1 fully saturated rings. The van der Waals surface area contributed by atoms with E-state index < -0.39 is 10.0 Å². The normalized spacial score (nSPS) is 14.7. The molecule has 11 heteroatoms. The average Bonchev–Trinajstić information content (AvgIpc) is 3.03. The zero-order chi connectivity index (χ0) is 31.9. The van der Waals surface area contributed by atoms with Gasteiger partial charge in [0, 0.05) is 79.7 Å². The summed E-state index contributed by atoms with van der Waals surface area (Å²) in [6, 6.07) is 14.5. The summed E-state index contributed by atoms with van der Waals surface area (Å²) >= 11 is 0. The van der Waals surface area contributed by atoms with Crippen molar-refractivity contribution in [2.75, 3.05) is 59.5 Å². The molecule has 0 spiro atoms. The number of ether oxygens (including phenoxy) is 4. The third kappa shape index (κ3) is 8.22. The van der Waals surface area contributed by atoms with Crippen LogP contribution in [-0.2, 0) is 23.1 Å².